The Morgan fingerprint density at radius 3 is 2.32 bits per heavy atom. The summed E-state index contributed by atoms with van der Waals surface area (Å²) in [6.07, 6.45) is -0.149. The molecule has 1 rings (SSSR count). The number of hydrogen-bond donors (Lipinski definition) is 2. The Hall–Kier alpha value is -1.30. The first-order chi connectivity index (χ1) is 8.40. The number of halogens is 2. The van der Waals surface area contributed by atoms with Gasteiger partial charge in [-0.25, -0.2) is 0 Å². The van der Waals surface area contributed by atoms with Gasteiger partial charge in [-0.05, 0) is 17.7 Å². The summed E-state index contributed by atoms with van der Waals surface area (Å²) in [6, 6.07) is 6.26. The number of likely N-dealkylation sites (N-methyl/N-ethyl adjacent to an activating group) is 1. The largest absolute Gasteiger partial charge is 0.370 e. The molecule has 0 aromatic heterocycles. The average molecular weight is 306 g/mol. The average Bonchev–Trinajstić information content (AvgIpc) is 2.30. The number of carbonyl (C=O) groups excluding carboxylic acids is 2. The monoisotopic (exact) mass is 305 g/mol. The van der Waals surface area contributed by atoms with Crippen LogP contribution in [-0.4, -0.2) is 29.8 Å². The van der Waals surface area contributed by atoms with Crippen molar-refractivity contribution < 1.29 is 9.59 Å². The molecule has 0 aliphatic heterocycles. The van der Waals surface area contributed by atoms with E-state index in [9.17, 15) is 9.59 Å². The van der Waals surface area contributed by atoms with E-state index < -0.39 is 11.9 Å². The summed E-state index contributed by atoms with van der Waals surface area (Å²) in [7, 11) is 1.62. The van der Waals surface area contributed by atoms with E-state index in [1.54, 1.807) is 19.2 Å². The third-order valence-electron chi connectivity index (χ3n) is 2.45. The lowest BCUT2D eigenvalue weighted by Crippen LogP contribution is -2.43. The summed E-state index contributed by atoms with van der Waals surface area (Å²) < 4.78 is 0. The lowest BCUT2D eigenvalue weighted by Gasteiger charge is -2.20. The molecule has 0 radical (unpaired) electrons. The number of benzene rings is 1. The summed E-state index contributed by atoms with van der Waals surface area (Å²) in [4.78, 5) is 24.0. The fraction of sp³-hybridized carbons (Fsp3) is 0.333. The minimum atomic E-state index is -0.889. The topological polar surface area (TPSA) is 89.4 Å². The summed E-state index contributed by atoms with van der Waals surface area (Å²) in [6.45, 7) is 0.405. The van der Waals surface area contributed by atoms with Gasteiger partial charge < -0.3 is 16.4 Å². The van der Waals surface area contributed by atoms with Crippen molar-refractivity contribution in [2.75, 3.05) is 7.05 Å². The molecule has 1 aromatic rings. The zero-order chi connectivity index (χ0) is 13.7. The van der Waals surface area contributed by atoms with Crippen molar-refractivity contribution >= 4 is 35.8 Å². The van der Waals surface area contributed by atoms with Gasteiger partial charge in [-0.1, -0.05) is 23.7 Å². The molecule has 1 atom stereocenters. The predicted molar refractivity (Wildman–Crippen MR) is 77.0 cm³/mol. The molecule has 0 bridgehead atoms. The Morgan fingerprint density at radius 2 is 1.84 bits per heavy atom. The summed E-state index contributed by atoms with van der Waals surface area (Å²) in [5.74, 6) is -0.903. The smallest absolute Gasteiger partial charge is 0.240 e. The van der Waals surface area contributed by atoms with E-state index in [0.717, 1.165) is 5.56 Å². The van der Waals surface area contributed by atoms with E-state index in [-0.39, 0.29) is 24.7 Å². The SMILES string of the molecule is CN(Cc1ccc(Cl)cc1)C(=O)C(N)CC(N)=O.Cl. The number of rotatable bonds is 5. The van der Waals surface area contributed by atoms with Crippen LogP contribution in [0.1, 0.15) is 12.0 Å². The van der Waals surface area contributed by atoms with Gasteiger partial charge in [-0.15, -0.1) is 12.4 Å². The standard InChI is InChI=1S/C12H16ClN3O2.ClH/c1-16(12(18)10(14)6-11(15)17)7-8-2-4-9(13)5-3-8;/h2-5,10H,6-7,14H2,1H3,(H2,15,17);1H. The van der Waals surface area contributed by atoms with Crippen molar-refractivity contribution in [2.24, 2.45) is 11.5 Å². The van der Waals surface area contributed by atoms with Gasteiger partial charge in [0.05, 0.1) is 12.5 Å². The van der Waals surface area contributed by atoms with E-state index in [2.05, 4.69) is 0 Å². The minimum absolute atomic E-state index is 0. The van der Waals surface area contributed by atoms with Crippen LogP contribution >= 0.6 is 24.0 Å². The second-order valence-corrected chi connectivity index (χ2v) is 4.53. The molecular weight excluding hydrogens is 289 g/mol. The highest BCUT2D eigenvalue weighted by Gasteiger charge is 2.19. The van der Waals surface area contributed by atoms with Gasteiger partial charge in [0, 0.05) is 18.6 Å². The van der Waals surface area contributed by atoms with Gasteiger partial charge in [0.2, 0.25) is 11.8 Å². The summed E-state index contributed by atoms with van der Waals surface area (Å²) in [5, 5.41) is 0.637. The molecule has 106 valence electrons. The molecule has 7 heteroatoms. The maximum absolute atomic E-state index is 11.8. The van der Waals surface area contributed by atoms with Gasteiger partial charge in [0.1, 0.15) is 0 Å². The first-order valence-electron chi connectivity index (χ1n) is 5.43. The number of amides is 2. The van der Waals surface area contributed by atoms with Crippen LogP contribution in [0.15, 0.2) is 24.3 Å². The van der Waals surface area contributed by atoms with Crippen LogP contribution in [0.3, 0.4) is 0 Å². The van der Waals surface area contributed by atoms with Gasteiger partial charge >= 0.3 is 0 Å². The Labute approximate surface area is 123 Å². The zero-order valence-corrected chi connectivity index (χ0v) is 12.1. The molecule has 0 aliphatic carbocycles. The number of primary amides is 1. The van der Waals surface area contributed by atoms with E-state index >= 15 is 0 Å². The lowest BCUT2D eigenvalue weighted by molar-refractivity contribution is -0.133. The number of nitrogens with two attached hydrogens (primary N) is 2. The summed E-state index contributed by atoms with van der Waals surface area (Å²) in [5.41, 5.74) is 11.5. The number of nitrogens with zero attached hydrogens (tertiary/aromatic N) is 1. The highest BCUT2D eigenvalue weighted by atomic mass is 35.5. The molecule has 5 nitrogen and oxygen atoms in total. The van der Waals surface area contributed by atoms with Crippen LogP contribution in [0.2, 0.25) is 5.02 Å². The minimum Gasteiger partial charge on any atom is -0.370 e. The van der Waals surface area contributed by atoms with Crippen molar-refractivity contribution in [3.63, 3.8) is 0 Å². The van der Waals surface area contributed by atoms with Crippen molar-refractivity contribution in [2.45, 2.75) is 19.0 Å². The van der Waals surface area contributed by atoms with Crippen molar-refractivity contribution in [3.05, 3.63) is 34.9 Å². The maximum Gasteiger partial charge on any atom is 0.240 e. The van der Waals surface area contributed by atoms with E-state index in [0.29, 0.717) is 11.6 Å². The lowest BCUT2D eigenvalue weighted by atomic mass is 10.1. The van der Waals surface area contributed by atoms with Gasteiger partial charge in [-0.3, -0.25) is 9.59 Å². The second kappa shape index (κ2) is 7.99. The number of hydrogen-bond acceptors (Lipinski definition) is 3. The molecule has 0 saturated heterocycles. The van der Waals surface area contributed by atoms with Crippen LogP contribution in [0.25, 0.3) is 0 Å². The van der Waals surface area contributed by atoms with Crippen molar-refractivity contribution in [1.29, 1.82) is 0 Å². The molecule has 0 aliphatic rings. The van der Waals surface area contributed by atoms with Gasteiger partial charge in [0.15, 0.2) is 0 Å². The molecule has 0 fully saturated rings. The predicted octanol–water partition coefficient (Wildman–Crippen LogP) is 0.923. The molecule has 19 heavy (non-hydrogen) atoms. The van der Waals surface area contributed by atoms with Crippen LogP contribution in [-0.2, 0) is 16.1 Å². The molecule has 0 saturated carbocycles. The fourth-order valence-electron chi connectivity index (χ4n) is 1.53. The first-order valence-corrected chi connectivity index (χ1v) is 5.81. The molecule has 0 spiro atoms. The Kier molecular flexibility index (Phi) is 7.44. The van der Waals surface area contributed by atoms with E-state index in [1.807, 2.05) is 12.1 Å². The van der Waals surface area contributed by atoms with Crippen LogP contribution in [0, 0.1) is 0 Å². The zero-order valence-electron chi connectivity index (χ0n) is 10.5. The Bertz CT molecular complexity index is 437. The van der Waals surface area contributed by atoms with Crippen molar-refractivity contribution in [1.82, 2.24) is 4.90 Å². The Balaban J connectivity index is 0.00000324. The highest BCUT2D eigenvalue weighted by molar-refractivity contribution is 6.30. The molecular formula is C12H17Cl2N3O2. The van der Waals surface area contributed by atoms with E-state index in [1.165, 1.54) is 4.90 Å². The third kappa shape index (κ3) is 5.92. The van der Waals surface area contributed by atoms with E-state index in [4.69, 9.17) is 23.1 Å². The normalized spacial score (nSPS) is 11.3. The highest BCUT2D eigenvalue weighted by Crippen LogP contribution is 2.11. The van der Waals surface area contributed by atoms with Crippen LogP contribution < -0.4 is 11.5 Å². The van der Waals surface area contributed by atoms with Crippen molar-refractivity contribution in [3.8, 4) is 0 Å². The fourth-order valence-corrected chi connectivity index (χ4v) is 1.65. The van der Waals surface area contributed by atoms with Crippen LogP contribution in [0.5, 0.6) is 0 Å². The third-order valence-corrected chi connectivity index (χ3v) is 2.70. The molecule has 4 N–H and O–H groups in total. The molecule has 1 aromatic carbocycles. The second-order valence-electron chi connectivity index (χ2n) is 4.10. The molecule has 2 amide bonds. The maximum atomic E-state index is 11.8. The number of carbonyl (C=O) groups is 2. The molecule has 0 heterocycles. The quantitative estimate of drug-likeness (QED) is 0.848. The van der Waals surface area contributed by atoms with Crippen LogP contribution in [0.4, 0.5) is 0 Å². The Morgan fingerprint density at radius 1 is 1.32 bits per heavy atom. The van der Waals surface area contributed by atoms with Gasteiger partial charge in [0.25, 0.3) is 0 Å². The molecule has 1 unspecified atom stereocenters. The first kappa shape index (κ1) is 17.7. The summed E-state index contributed by atoms with van der Waals surface area (Å²) >= 11 is 5.77. The van der Waals surface area contributed by atoms with Gasteiger partial charge in [-0.2, -0.15) is 0 Å².